The van der Waals surface area contributed by atoms with Crippen LogP contribution in [0.2, 0.25) is 0 Å². The van der Waals surface area contributed by atoms with E-state index in [1.54, 1.807) is 0 Å². The van der Waals surface area contributed by atoms with Crippen LogP contribution in [0.4, 0.5) is 0 Å². The molecule has 0 amide bonds. The van der Waals surface area contributed by atoms with Gasteiger partial charge in [0.1, 0.15) is 0 Å². The van der Waals surface area contributed by atoms with E-state index in [0.717, 1.165) is 77.0 Å². The van der Waals surface area contributed by atoms with Crippen LogP contribution in [0.25, 0.3) is 0 Å². The molecule has 0 aromatic carbocycles. The van der Waals surface area contributed by atoms with Crippen molar-refractivity contribution in [1.82, 2.24) is 0 Å². The minimum Gasteiger partial charge on any atom is -0.786 e. The molecule has 0 saturated carbocycles. The van der Waals surface area contributed by atoms with Crippen LogP contribution in [0.3, 0.4) is 0 Å². The zero-order valence-electron chi connectivity index (χ0n) is 42.2. The summed E-state index contributed by atoms with van der Waals surface area (Å²) in [7, 11) is -5.81. The first-order valence-corrected chi connectivity index (χ1v) is 28.5. The van der Waals surface area contributed by atoms with Gasteiger partial charge in [-0.1, -0.05) is 199 Å². The van der Waals surface area contributed by atoms with Crippen LogP contribution in [0.15, 0.2) is 0 Å². The third kappa shape index (κ3) is 48.5. The Labute approximate surface area is 417 Å². The largest absolute Gasteiger partial charge is 3.00 e. The summed E-state index contributed by atoms with van der Waals surface area (Å²) >= 11 is 0. The van der Waals surface area contributed by atoms with Crippen molar-refractivity contribution in [2.24, 2.45) is 35.5 Å². The molecular weight excluding hydrogens is 958 g/mol. The van der Waals surface area contributed by atoms with E-state index in [1.807, 2.05) is 0 Å². The molecule has 13 heteroatoms. The van der Waals surface area contributed by atoms with Gasteiger partial charge in [-0.2, -0.15) is 0 Å². The molecule has 9 nitrogen and oxygen atoms in total. The van der Waals surface area contributed by atoms with Crippen molar-refractivity contribution in [2.45, 2.75) is 237 Å². The Hall–Kier alpha value is 2.28. The molecule has 0 bridgehead atoms. The molecule has 0 spiro atoms. The molecule has 61 heavy (non-hydrogen) atoms. The van der Waals surface area contributed by atoms with Gasteiger partial charge in [-0.05, 0) is 74.0 Å². The van der Waals surface area contributed by atoms with E-state index < -0.39 is 25.8 Å². The molecule has 0 aliphatic heterocycles. The summed E-state index contributed by atoms with van der Waals surface area (Å²) in [6.07, 6.45) is 27.9. The molecule has 0 rings (SSSR count). The molecule has 1 radical (unpaired) electrons. The summed E-state index contributed by atoms with van der Waals surface area (Å²) in [5, 5.41) is 0. The first-order valence-electron chi connectivity index (χ1n) is 25.2. The van der Waals surface area contributed by atoms with E-state index in [-0.39, 0.29) is 40.8 Å². The second kappa shape index (κ2) is 54.9. The smallest absolute Gasteiger partial charge is 0.786 e. The van der Waals surface area contributed by atoms with E-state index in [2.05, 4.69) is 83.1 Å². The molecule has 0 aliphatic carbocycles. The second-order valence-corrected chi connectivity index (χ2v) is 19.8. The molecule has 0 aromatic heterocycles. The number of hydrogen-bond acceptors (Lipinski definition) is 9. The molecular formula is C48H102NdO9P3. The van der Waals surface area contributed by atoms with Crippen LogP contribution in [-0.2, 0) is 27.1 Å². The van der Waals surface area contributed by atoms with Crippen LogP contribution in [-0.4, -0.2) is 39.6 Å². The molecule has 6 atom stereocenters. The van der Waals surface area contributed by atoms with Crippen LogP contribution in [0.5, 0.6) is 0 Å². The van der Waals surface area contributed by atoms with E-state index in [9.17, 15) is 14.7 Å². The second-order valence-electron chi connectivity index (χ2n) is 16.9. The maximum absolute atomic E-state index is 11.7. The van der Waals surface area contributed by atoms with E-state index in [0.29, 0.717) is 75.1 Å². The quantitative estimate of drug-likeness (QED) is 0.0550. The van der Waals surface area contributed by atoms with Gasteiger partial charge < -0.3 is 41.8 Å². The zero-order chi connectivity index (χ0) is 45.7. The van der Waals surface area contributed by atoms with Crippen molar-refractivity contribution in [3.05, 3.63) is 0 Å². The monoisotopic (exact) mass is 1060 g/mol. The third-order valence-corrected chi connectivity index (χ3v) is 13.9. The molecule has 0 heterocycles. The summed E-state index contributed by atoms with van der Waals surface area (Å²) in [5.41, 5.74) is 0. The standard InChI is InChI=1S/3C16H34O3P.Nd/c3*1-5-9-11-15(7-3)13-18-20(17)19-14-16(8-4)12-10-6-2;/h3*15-16H,5-14H2,1-4H3;/q3*-1;+3. The summed E-state index contributed by atoms with van der Waals surface area (Å²) in [4.78, 5) is 35.2. The Morgan fingerprint density at radius 1 is 0.279 bits per heavy atom. The summed E-state index contributed by atoms with van der Waals surface area (Å²) < 4.78 is 32.3. The van der Waals surface area contributed by atoms with Gasteiger partial charge in [0, 0.05) is 0 Å². The van der Waals surface area contributed by atoms with Crippen LogP contribution in [0, 0.1) is 76.3 Å². The van der Waals surface area contributed by atoms with Gasteiger partial charge >= 0.3 is 40.8 Å². The number of unbranched alkanes of at least 4 members (excludes halogenated alkanes) is 6. The van der Waals surface area contributed by atoms with Crippen LogP contribution < -0.4 is 14.7 Å². The Balaban J connectivity index is -0.000000396. The fourth-order valence-corrected chi connectivity index (χ4v) is 8.72. The fraction of sp³-hybridized carbons (Fsp3) is 1.00. The van der Waals surface area contributed by atoms with Gasteiger partial charge in [-0.15, -0.1) is 0 Å². The average Bonchev–Trinajstić information content (AvgIpc) is 3.27. The molecule has 0 N–H and O–H groups in total. The van der Waals surface area contributed by atoms with Crippen molar-refractivity contribution < 1.29 is 82.7 Å². The first kappa shape index (κ1) is 69.8. The molecule has 0 saturated heterocycles. The Bertz CT molecular complexity index is 654. The summed E-state index contributed by atoms with van der Waals surface area (Å²) in [6, 6.07) is 0. The predicted molar refractivity (Wildman–Crippen MR) is 256 cm³/mol. The Morgan fingerprint density at radius 2 is 0.410 bits per heavy atom. The normalized spacial score (nSPS) is 15.8. The van der Waals surface area contributed by atoms with Gasteiger partial charge in [0.2, 0.25) is 0 Å². The van der Waals surface area contributed by atoms with Crippen molar-refractivity contribution in [3.63, 3.8) is 0 Å². The molecule has 0 fully saturated rings. The summed E-state index contributed by atoms with van der Waals surface area (Å²) in [6.45, 7) is 29.5. The number of rotatable bonds is 42. The first-order chi connectivity index (χ1) is 29.0. The van der Waals surface area contributed by atoms with Crippen molar-refractivity contribution in [3.8, 4) is 0 Å². The topological polar surface area (TPSA) is 125 Å². The average molecular weight is 1060 g/mol. The van der Waals surface area contributed by atoms with E-state index >= 15 is 0 Å². The minimum absolute atomic E-state index is 0. The summed E-state index contributed by atoms with van der Waals surface area (Å²) in [5.74, 6) is 3.08. The Morgan fingerprint density at radius 3 is 0.508 bits per heavy atom. The van der Waals surface area contributed by atoms with Gasteiger partial charge in [-0.25, -0.2) is 0 Å². The Kier molecular flexibility index (Phi) is 62.8. The van der Waals surface area contributed by atoms with Crippen molar-refractivity contribution in [2.75, 3.05) is 39.6 Å². The van der Waals surface area contributed by atoms with Crippen molar-refractivity contribution in [1.29, 1.82) is 0 Å². The molecule has 0 aliphatic rings. The van der Waals surface area contributed by atoms with Crippen molar-refractivity contribution >= 4 is 25.8 Å². The van der Waals surface area contributed by atoms with Gasteiger partial charge in [0.05, 0.1) is 65.4 Å². The third-order valence-electron chi connectivity index (χ3n) is 11.8. The minimum atomic E-state index is -1.94. The van der Waals surface area contributed by atoms with Gasteiger partial charge in [0.15, 0.2) is 0 Å². The predicted octanol–water partition coefficient (Wildman–Crippen LogP) is 15.1. The van der Waals surface area contributed by atoms with E-state index in [4.69, 9.17) is 27.1 Å². The molecule has 367 valence electrons. The SMILES string of the molecule is CCCCC(CC)COP([O-])OCC(CC)CCCC.CCCCC(CC)COP([O-])OCC(CC)CCCC.CCCCC(CC)COP([O-])OCC(CC)CCCC.[Nd+3]. The van der Waals surface area contributed by atoms with Crippen LogP contribution in [0.1, 0.15) is 237 Å². The van der Waals surface area contributed by atoms with Gasteiger partial charge in [-0.3, -0.25) is 0 Å². The van der Waals surface area contributed by atoms with Gasteiger partial charge in [0.25, 0.3) is 0 Å². The molecule has 0 aromatic rings. The maximum Gasteiger partial charge on any atom is 3.00 e. The maximum atomic E-state index is 11.7. The van der Waals surface area contributed by atoms with Crippen LogP contribution >= 0.6 is 25.8 Å². The fourth-order valence-electron chi connectivity index (χ4n) is 6.50. The van der Waals surface area contributed by atoms with E-state index in [1.165, 1.54) is 77.0 Å². The molecule has 6 unspecified atom stereocenters. The zero-order valence-corrected chi connectivity index (χ0v) is 48.1. The number of hydrogen-bond donors (Lipinski definition) is 0.